The lowest BCUT2D eigenvalue weighted by molar-refractivity contribution is 0.110. The Bertz CT molecular complexity index is 458. The van der Waals surface area contributed by atoms with Crippen molar-refractivity contribution in [2.75, 3.05) is 26.7 Å². The monoisotopic (exact) mass is 295 g/mol. The Kier molecular flexibility index (Phi) is 5.68. The molecule has 0 aliphatic carbocycles. The van der Waals surface area contributed by atoms with E-state index in [0.29, 0.717) is 17.5 Å². The van der Waals surface area contributed by atoms with Crippen LogP contribution in [0.2, 0.25) is 5.02 Å². The average Bonchev–Trinajstić information content (AvgIpc) is 2.48. The number of halogens is 1. The maximum Gasteiger partial charge on any atom is 0.191 e. The second-order valence-corrected chi connectivity index (χ2v) is 5.46. The van der Waals surface area contributed by atoms with Crippen LogP contribution in [0.15, 0.2) is 29.3 Å². The van der Waals surface area contributed by atoms with E-state index in [9.17, 15) is 0 Å². The highest BCUT2D eigenvalue weighted by Crippen LogP contribution is 2.20. The minimum absolute atomic E-state index is 0.114. The Morgan fingerprint density at radius 1 is 1.40 bits per heavy atom. The fraction of sp³-hybridized carbons (Fsp3) is 0.533. The van der Waals surface area contributed by atoms with E-state index in [-0.39, 0.29) is 6.10 Å². The van der Waals surface area contributed by atoms with E-state index in [2.05, 4.69) is 9.89 Å². The number of likely N-dealkylation sites (tertiary alicyclic amines) is 1. The van der Waals surface area contributed by atoms with Crippen molar-refractivity contribution >= 4 is 17.6 Å². The van der Waals surface area contributed by atoms with Crippen molar-refractivity contribution in [1.82, 2.24) is 4.90 Å². The fourth-order valence-corrected chi connectivity index (χ4v) is 2.62. The number of hydrogen-bond donors (Lipinski definition) is 1. The maximum atomic E-state index is 6.05. The Morgan fingerprint density at radius 2 is 2.15 bits per heavy atom. The molecule has 1 aromatic carbocycles. The molecule has 1 saturated heterocycles. The molecule has 0 amide bonds. The Balaban J connectivity index is 1.99. The van der Waals surface area contributed by atoms with Gasteiger partial charge in [-0.1, -0.05) is 23.7 Å². The molecule has 110 valence electrons. The normalized spacial score (nSPS) is 18.1. The van der Waals surface area contributed by atoms with Crippen molar-refractivity contribution in [3.8, 4) is 0 Å². The van der Waals surface area contributed by atoms with Gasteiger partial charge in [0, 0.05) is 25.2 Å². The van der Waals surface area contributed by atoms with Gasteiger partial charge in [0.25, 0.3) is 0 Å². The van der Waals surface area contributed by atoms with Gasteiger partial charge in [-0.05, 0) is 37.0 Å². The summed E-state index contributed by atoms with van der Waals surface area (Å²) in [7, 11) is 1.68. The molecule has 4 nitrogen and oxygen atoms in total. The topological polar surface area (TPSA) is 50.9 Å². The van der Waals surface area contributed by atoms with Crippen LogP contribution >= 0.6 is 11.6 Å². The highest BCUT2D eigenvalue weighted by Gasteiger charge is 2.14. The molecule has 0 bridgehead atoms. The summed E-state index contributed by atoms with van der Waals surface area (Å²) in [6.07, 6.45) is 3.56. The van der Waals surface area contributed by atoms with Crippen molar-refractivity contribution in [2.24, 2.45) is 10.7 Å². The summed E-state index contributed by atoms with van der Waals surface area (Å²) >= 11 is 6.01. The second kappa shape index (κ2) is 7.50. The first-order valence-corrected chi connectivity index (χ1v) is 7.41. The van der Waals surface area contributed by atoms with Crippen LogP contribution in [0.25, 0.3) is 0 Å². The standard InChI is InChI=1S/C15H22ClN3O/c1-20-14(12-6-5-7-13(16)10-12)11-18-15(17)19-8-3-2-4-9-19/h5-7,10,14H,2-4,8-9,11H2,1H3,(H2,17,18). The molecule has 20 heavy (non-hydrogen) atoms. The van der Waals surface area contributed by atoms with Crippen molar-refractivity contribution < 1.29 is 4.74 Å². The first kappa shape index (κ1) is 15.1. The van der Waals surface area contributed by atoms with E-state index in [1.54, 1.807) is 7.11 Å². The molecule has 0 aromatic heterocycles. The molecule has 1 unspecified atom stereocenters. The molecule has 1 aliphatic rings. The molecule has 2 N–H and O–H groups in total. The van der Waals surface area contributed by atoms with Gasteiger partial charge in [0.1, 0.15) is 6.10 Å². The first-order chi connectivity index (χ1) is 9.70. The number of guanidine groups is 1. The molecule has 1 aromatic rings. The smallest absolute Gasteiger partial charge is 0.191 e. The third-order valence-electron chi connectivity index (χ3n) is 3.60. The summed E-state index contributed by atoms with van der Waals surface area (Å²) in [5, 5.41) is 0.706. The number of rotatable bonds is 4. The van der Waals surface area contributed by atoms with Crippen molar-refractivity contribution in [2.45, 2.75) is 25.4 Å². The van der Waals surface area contributed by atoms with Gasteiger partial charge < -0.3 is 15.4 Å². The van der Waals surface area contributed by atoms with E-state index < -0.39 is 0 Å². The lowest BCUT2D eigenvalue weighted by Crippen LogP contribution is -2.41. The van der Waals surface area contributed by atoms with Gasteiger partial charge in [-0.15, -0.1) is 0 Å². The summed E-state index contributed by atoms with van der Waals surface area (Å²) in [4.78, 5) is 6.62. The molecular weight excluding hydrogens is 274 g/mol. The number of benzene rings is 1. The number of nitrogens with zero attached hydrogens (tertiary/aromatic N) is 2. The van der Waals surface area contributed by atoms with Crippen LogP contribution < -0.4 is 5.73 Å². The molecule has 0 spiro atoms. The Labute approximate surface area is 125 Å². The van der Waals surface area contributed by atoms with E-state index in [1.165, 1.54) is 19.3 Å². The van der Waals surface area contributed by atoms with E-state index >= 15 is 0 Å². The van der Waals surface area contributed by atoms with E-state index in [0.717, 1.165) is 18.7 Å². The van der Waals surface area contributed by atoms with E-state index in [1.807, 2.05) is 24.3 Å². The third-order valence-corrected chi connectivity index (χ3v) is 3.84. The van der Waals surface area contributed by atoms with Crippen LogP contribution in [-0.2, 0) is 4.74 Å². The van der Waals surface area contributed by atoms with Gasteiger partial charge >= 0.3 is 0 Å². The quantitative estimate of drug-likeness (QED) is 0.686. The third kappa shape index (κ3) is 4.12. The summed E-state index contributed by atoms with van der Waals surface area (Å²) in [6.45, 7) is 2.52. The molecule has 0 radical (unpaired) electrons. The summed E-state index contributed by atoms with van der Waals surface area (Å²) in [5.74, 6) is 0.619. The fourth-order valence-electron chi connectivity index (χ4n) is 2.42. The summed E-state index contributed by atoms with van der Waals surface area (Å²) < 4.78 is 5.49. The number of piperidine rings is 1. The zero-order chi connectivity index (χ0) is 14.4. The minimum atomic E-state index is -0.114. The molecule has 1 heterocycles. The lowest BCUT2D eigenvalue weighted by atomic mass is 10.1. The molecule has 1 fully saturated rings. The highest BCUT2D eigenvalue weighted by molar-refractivity contribution is 6.30. The van der Waals surface area contributed by atoms with Gasteiger partial charge in [-0.25, -0.2) is 0 Å². The molecular formula is C15H22ClN3O. The second-order valence-electron chi connectivity index (χ2n) is 5.03. The number of methoxy groups -OCH3 is 1. The molecule has 2 rings (SSSR count). The zero-order valence-corrected chi connectivity index (χ0v) is 12.6. The minimum Gasteiger partial charge on any atom is -0.375 e. The molecule has 1 atom stereocenters. The van der Waals surface area contributed by atoms with Crippen LogP contribution in [0.3, 0.4) is 0 Å². The lowest BCUT2D eigenvalue weighted by Gasteiger charge is -2.27. The van der Waals surface area contributed by atoms with Crippen LogP contribution in [-0.4, -0.2) is 37.6 Å². The molecule has 0 saturated carbocycles. The summed E-state index contributed by atoms with van der Waals surface area (Å²) in [6, 6.07) is 7.67. The molecule has 5 heteroatoms. The maximum absolute atomic E-state index is 6.05. The summed E-state index contributed by atoms with van der Waals surface area (Å²) in [5.41, 5.74) is 7.08. The predicted molar refractivity (Wildman–Crippen MR) is 83.1 cm³/mol. The van der Waals surface area contributed by atoms with Crippen LogP contribution in [0.4, 0.5) is 0 Å². The number of hydrogen-bond acceptors (Lipinski definition) is 2. The van der Waals surface area contributed by atoms with Crippen LogP contribution in [0.1, 0.15) is 30.9 Å². The van der Waals surface area contributed by atoms with Crippen molar-refractivity contribution in [3.05, 3.63) is 34.9 Å². The first-order valence-electron chi connectivity index (χ1n) is 7.04. The van der Waals surface area contributed by atoms with Gasteiger partial charge in [0.05, 0.1) is 6.54 Å². The predicted octanol–water partition coefficient (Wildman–Crippen LogP) is 2.83. The number of ether oxygens (including phenoxy) is 1. The van der Waals surface area contributed by atoms with Crippen molar-refractivity contribution in [3.63, 3.8) is 0 Å². The van der Waals surface area contributed by atoms with Crippen LogP contribution in [0, 0.1) is 0 Å². The largest absolute Gasteiger partial charge is 0.375 e. The van der Waals surface area contributed by atoms with Gasteiger partial charge in [0.2, 0.25) is 0 Å². The van der Waals surface area contributed by atoms with Gasteiger partial charge in [-0.3, -0.25) is 4.99 Å². The van der Waals surface area contributed by atoms with Crippen LogP contribution in [0.5, 0.6) is 0 Å². The van der Waals surface area contributed by atoms with Gasteiger partial charge in [-0.2, -0.15) is 0 Å². The highest BCUT2D eigenvalue weighted by atomic mass is 35.5. The van der Waals surface area contributed by atoms with Crippen molar-refractivity contribution in [1.29, 1.82) is 0 Å². The molecule has 1 aliphatic heterocycles. The Hall–Kier alpha value is -1.26. The van der Waals surface area contributed by atoms with E-state index in [4.69, 9.17) is 22.1 Å². The van der Waals surface area contributed by atoms with Gasteiger partial charge in [0.15, 0.2) is 5.96 Å². The number of aliphatic imine (C=N–C) groups is 1. The SMILES string of the molecule is COC(CN=C(N)N1CCCCC1)c1cccc(Cl)c1. The average molecular weight is 296 g/mol. The number of nitrogens with two attached hydrogens (primary N) is 1. The zero-order valence-electron chi connectivity index (χ0n) is 11.9. The Morgan fingerprint density at radius 3 is 2.80 bits per heavy atom.